The molecule has 7 heteroatoms. The van der Waals surface area contributed by atoms with Crippen LogP contribution in [0.5, 0.6) is 0 Å². The number of amides is 2. The number of rotatable bonds is 11. The zero-order valence-electron chi connectivity index (χ0n) is 17.8. The van der Waals surface area contributed by atoms with Crippen LogP contribution in [0.2, 0.25) is 5.02 Å². The first kappa shape index (κ1) is 23.5. The standard InChI is InChI=1S/C24H29ClN2O3S/c1-18(28)26-27-23(29)22(24(27)31(30)17-20-11-6-4-7-12-20)15-8-3-2-5-10-19-13-9-14-21(25)16-19/h4,6-7,9,11-14,16,22,24H,2-3,5,8,10,15,17H2,1H3,(H,26,28). The maximum absolute atomic E-state index is 13.0. The van der Waals surface area contributed by atoms with Crippen LogP contribution >= 0.6 is 11.6 Å². The molecule has 3 unspecified atom stereocenters. The van der Waals surface area contributed by atoms with Gasteiger partial charge in [-0.25, -0.2) is 5.01 Å². The van der Waals surface area contributed by atoms with E-state index in [1.165, 1.54) is 17.5 Å². The van der Waals surface area contributed by atoms with Crippen molar-refractivity contribution < 1.29 is 13.8 Å². The Morgan fingerprint density at radius 2 is 1.74 bits per heavy atom. The first-order valence-corrected chi connectivity index (χ1v) is 12.5. The molecule has 1 aliphatic rings. The largest absolute Gasteiger partial charge is 0.274 e. The predicted octanol–water partition coefficient (Wildman–Crippen LogP) is 4.62. The highest BCUT2D eigenvalue weighted by atomic mass is 35.5. The van der Waals surface area contributed by atoms with E-state index >= 15 is 0 Å². The van der Waals surface area contributed by atoms with Crippen molar-refractivity contribution in [2.75, 3.05) is 0 Å². The third-order valence-corrected chi connectivity index (χ3v) is 7.40. The highest BCUT2D eigenvalue weighted by Gasteiger charge is 2.50. The van der Waals surface area contributed by atoms with Crippen LogP contribution in [0.25, 0.3) is 0 Å². The van der Waals surface area contributed by atoms with Gasteiger partial charge in [0.25, 0.3) is 0 Å². The van der Waals surface area contributed by atoms with Crippen LogP contribution in [0.4, 0.5) is 0 Å². The van der Waals surface area contributed by atoms with Gasteiger partial charge in [0.05, 0.1) is 22.5 Å². The van der Waals surface area contributed by atoms with Crippen molar-refractivity contribution in [2.45, 2.75) is 56.6 Å². The molecule has 1 N–H and O–H groups in total. The van der Waals surface area contributed by atoms with Crippen LogP contribution in [-0.2, 0) is 32.6 Å². The summed E-state index contributed by atoms with van der Waals surface area (Å²) in [6.07, 6.45) is 5.74. The highest BCUT2D eigenvalue weighted by Crippen LogP contribution is 2.33. The Balaban J connectivity index is 1.48. The number of nitrogens with zero attached hydrogens (tertiary/aromatic N) is 1. The summed E-state index contributed by atoms with van der Waals surface area (Å²) in [4.78, 5) is 24.0. The van der Waals surface area contributed by atoms with Gasteiger partial charge in [-0.3, -0.25) is 19.2 Å². The van der Waals surface area contributed by atoms with Gasteiger partial charge in [0, 0.05) is 11.9 Å². The zero-order chi connectivity index (χ0) is 22.2. The van der Waals surface area contributed by atoms with Crippen molar-refractivity contribution in [1.29, 1.82) is 0 Å². The predicted molar refractivity (Wildman–Crippen MR) is 124 cm³/mol. The summed E-state index contributed by atoms with van der Waals surface area (Å²) in [7, 11) is -1.28. The molecule has 0 spiro atoms. The van der Waals surface area contributed by atoms with E-state index < -0.39 is 16.2 Å². The molecule has 0 bridgehead atoms. The van der Waals surface area contributed by atoms with E-state index in [4.69, 9.17) is 11.6 Å². The third kappa shape index (κ3) is 6.65. The third-order valence-electron chi connectivity index (χ3n) is 5.47. The maximum Gasteiger partial charge on any atom is 0.248 e. The van der Waals surface area contributed by atoms with Crippen LogP contribution < -0.4 is 5.43 Å². The average Bonchev–Trinajstić information content (AvgIpc) is 2.74. The van der Waals surface area contributed by atoms with Gasteiger partial charge in [0.2, 0.25) is 11.8 Å². The van der Waals surface area contributed by atoms with Crippen LogP contribution in [0, 0.1) is 5.92 Å². The minimum Gasteiger partial charge on any atom is -0.274 e. The number of halogens is 1. The fourth-order valence-corrected chi connectivity index (χ4v) is 5.86. The lowest BCUT2D eigenvalue weighted by Crippen LogP contribution is -2.68. The minimum atomic E-state index is -1.28. The molecule has 2 aromatic carbocycles. The summed E-state index contributed by atoms with van der Waals surface area (Å²) in [5.74, 6) is -0.398. The second-order valence-electron chi connectivity index (χ2n) is 7.97. The Morgan fingerprint density at radius 1 is 1.03 bits per heavy atom. The Labute approximate surface area is 191 Å². The minimum absolute atomic E-state index is 0.138. The van der Waals surface area contributed by atoms with Gasteiger partial charge in [-0.15, -0.1) is 0 Å². The molecule has 3 atom stereocenters. The molecule has 0 saturated carbocycles. The quantitative estimate of drug-likeness (QED) is 0.393. The van der Waals surface area contributed by atoms with Crippen LogP contribution in [-0.4, -0.2) is 26.4 Å². The topological polar surface area (TPSA) is 66.5 Å². The molecule has 1 saturated heterocycles. The molecule has 5 nitrogen and oxygen atoms in total. The van der Waals surface area contributed by atoms with E-state index in [2.05, 4.69) is 11.5 Å². The van der Waals surface area contributed by atoms with Crippen molar-refractivity contribution in [3.8, 4) is 0 Å². The first-order valence-electron chi connectivity index (χ1n) is 10.7. The van der Waals surface area contributed by atoms with Gasteiger partial charge >= 0.3 is 0 Å². The number of unbranched alkanes of at least 4 members (excludes halogenated alkanes) is 3. The number of carbonyl (C=O) groups excluding carboxylic acids is 2. The summed E-state index contributed by atoms with van der Waals surface area (Å²) < 4.78 is 13.0. The molecule has 1 aliphatic heterocycles. The summed E-state index contributed by atoms with van der Waals surface area (Å²) in [6.45, 7) is 1.36. The molecule has 2 aromatic rings. The van der Waals surface area contributed by atoms with Crippen LogP contribution in [0.1, 0.15) is 50.2 Å². The molecular formula is C24H29ClN2O3S. The fraction of sp³-hybridized carbons (Fsp3) is 0.417. The molecule has 0 aromatic heterocycles. The molecular weight excluding hydrogens is 432 g/mol. The Kier molecular flexibility index (Phi) is 8.67. The SMILES string of the molecule is CC(=O)NN1C(=O)C(CCCCCCc2cccc(Cl)c2)C1S(=O)Cc1ccccc1. The van der Waals surface area contributed by atoms with E-state index in [1.807, 2.05) is 48.5 Å². The lowest BCUT2D eigenvalue weighted by molar-refractivity contribution is -0.160. The normalized spacial score (nSPS) is 19.0. The van der Waals surface area contributed by atoms with E-state index in [1.54, 1.807) is 0 Å². The summed E-state index contributed by atoms with van der Waals surface area (Å²) >= 11 is 6.02. The summed E-state index contributed by atoms with van der Waals surface area (Å²) in [6, 6.07) is 17.5. The second-order valence-corrected chi connectivity index (χ2v) is 9.94. The molecule has 1 fully saturated rings. The maximum atomic E-state index is 13.0. The zero-order valence-corrected chi connectivity index (χ0v) is 19.3. The number of hydrazine groups is 1. The number of carbonyl (C=O) groups is 2. The van der Waals surface area contributed by atoms with Gasteiger partial charge in [-0.05, 0) is 42.5 Å². The molecule has 31 heavy (non-hydrogen) atoms. The highest BCUT2D eigenvalue weighted by molar-refractivity contribution is 7.85. The number of hydrogen-bond acceptors (Lipinski definition) is 3. The van der Waals surface area contributed by atoms with Gasteiger partial charge in [-0.2, -0.15) is 0 Å². The van der Waals surface area contributed by atoms with Crippen LogP contribution in [0.3, 0.4) is 0 Å². The number of aryl methyl sites for hydroxylation is 1. The molecule has 0 radical (unpaired) electrons. The molecule has 166 valence electrons. The summed E-state index contributed by atoms with van der Waals surface area (Å²) in [5, 5.41) is 1.56. The van der Waals surface area contributed by atoms with Gasteiger partial charge < -0.3 is 0 Å². The first-order chi connectivity index (χ1) is 15.0. The molecule has 1 heterocycles. The van der Waals surface area contributed by atoms with Gasteiger partial charge in [-0.1, -0.05) is 73.3 Å². The number of hydrogen-bond donors (Lipinski definition) is 1. The van der Waals surface area contributed by atoms with Crippen molar-refractivity contribution in [2.24, 2.45) is 5.92 Å². The Morgan fingerprint density at radius 3 is 2.45 bits per heavy atom. The van der Waals surface area contributed by atoms with Crippen LogP contribution in [0.15, 0.2) is 54.6 Å². The lowest BCUT2D eigenvalue weighted by atomic mass is 9.93. The number of β-lactam (4-membered cyclic amide) rings is 1. The smallest absolute Gasteiger partial charge is 0.248 e. The molecule has 0 aliphatic carbocycles. The van der Waals surface area contributed by atoms with Crippen molar-refractivity contribution in [3.63, 3.8) is 0 Å². The van der Waals surface area contributed by atoms with E-state index in [0.29, 0.717) is 12.2 Å². The second kappa shape index (κ2) is 11.4. The van der Waals surface area contributed by atoms with E-state index in [-0.39, 0.29) is 17.7 Å². The average molecular weight is 461 g/mol. The van der Waals surface area contributed by atoms with E-state index in [0.717, 1.165) is 42.7 Å². The van der Waals surface area contributed by atoms with Crippen molar-refractivity contribution in [3.05, 3.63) is 70.7 Å². The lowest BCUT2D eigenvalue weighted by Gasteiger charge is -2.45. The number of benzene rings is 2. The monoisotopic (exact) mass is 460 g/mol. The Bertz CT molecular complexity index is 922. The van der Waals surface area contributed by atoms with Crippen molar-refractivity contribution >= 4 is 34.2 Å². The number of nitrogens with one attached hydrogen (secondary N) is 1. The Hall–Kier alpha value is -2.18. The molecule has 2 amide bonds. The summed E-state index contributed by atoms with van der Waals surface area (Å²) in [5.41, 5.74) is 4.75. The van der Waals surface area contributed by atoms with E-state index in [9.17, 15) is 13.8 Å². The van der Waals surface area contributed by atoms with Gasteiger partial charge in [0.15, 0.2) is 0 Å². The molecule has 3 rings (SSSR count). The fourth-order valence-electron chi connectivity index (χ4n) is 3.94. The van der Waals surface area contributed by atoms with Gasteiger partial charge in [0.1, 0.15) is 5.37 Å². The van der Waals surface area contributed by atoms with Crippen molar-refractivity contribution in [1.82, 2.24) is 10.4 Å².